The van der Waals surface area contributed by atoms with E-state index in [1.807, 2.05) is 0 Å². The highest BCUT2D eigenvalue weighted by molar-refractivity contribution is 6.41. The third kappa shape index (κ3) is 4.31. The number of ketones is 1. The number of hydrogen-bond donors (Lipinski definition) is 2. The molecule has 1 saturated carbocycles. The number of pyridine rings is 1. The first kappa shape index (κ1) is 22.2. The van der Waals surface area contributed by atoms with E-state index in [1.54, 1.807) is 41.4 Å². The van der Waals surface area contributed by atoms with Gasteiger partial charge in [0.15, 0.2) is 0 Å². The fourth-order valence-electron chi connectivity index (χ4n) is 4.59. The Morgan fingerprint density at radius 2 is 2.09 bits per heavy atom. The Morgan fingerprint density at radius 1 is 1.25 bits per heavy atom. The van der Waals surface area contributed by atoms with Crippen LogP contribution in [0.5, 0.6) is 0 Å². The van der Waals surface area contributed by atoms with Crippen LogP contribution in [0.15, 0.2) is 54.4 Å². The van der Waals surface area contributed by atoms with Gasteiger partial charge >= 0.3 is 0 Å². The van der Waals surface area contributed by atoms with Gasteiger partial charge in [0, 0.05) is 31.5 Å². The first-order chi connectivity index (χ1) is 15.5. The lowest BCUT2D eigenvalue weighted by atomic mass is 9.82. The van der Waals surface area contributed by atoms with Crippen molar-refractivity contribution in [3.63, 3.8) is 0 Å². The minimum atomic E-state index is -0.381. The average Bonchev–Trinajstić information content (AvgIpc) is 2.81. The third-order valence-corrected chi connectivity index (χ3v) is 6.40. The first-order valence-electron chi connectivity index (χ1n) is 10.8. The van der Waals surface area contributed by atoms with E-state index in [0.29, 0.717) is 28.4 Å². The molecule has 1 aliphatic heterocycles. The predicted octanol–water partition coefficient (Wildman–Crippen LogP) is 3.14. The van der Waals surface area contributed by atoms with E-state index in [4.69, 9.17) is 17.3 Å². The fraction of sp³-hybridized carbons (Fsp3) is 0.333. The van der Waals surface area contributed by atoms with Gasteiger partial charge in [0.1, 0.15) is 0 Å². The maximum absolute atomic E-state index is 13.3. The summed E-state index contributed by atoms with van der Waals surface area (Å²) in [6, 6.07) is 8.53. The van der Waals surface area contributed by atoms with Gasteiger partial charge in [-0.2, -0.15) is 0 Å². The van der Waals surface area contributed by atoms with Gasteiger partial charge in [-0.3, -0.25) is 19.4 Å². The molecule has 2 amide bonds. The molecule has 8 heteroatoms. The summed E-state index contributed by atoms with van der Waals surface area (Å²) >= 11 is 6.36. The summed E-state index contributed by atoms with van der Waals surface area (Å²) in [5.41, 5.74) is 7.11. The Labute approximate surface area is 191 Å². The van der Waals surface area contributed by atoms with Crippen LogP contribution in [0.25, 0.3) is 0 Å². The van der Waals surface area contributed by atoms with Crippen LogP contribution in [0.4, 0.5) is 5.69 Å². The fourth-order valence-corrected chi connectivity index (χ4v) is 4.84. The Bertz CT molecular complexity index is 1070. The van der Waals surface area contributed by atoms with E-state index in [2.05, 4.69) is 10.3 Å². The second-order valence-corrected chi connectivity index (χ2v) is 8.54. The van der Waals surface area contributed by atoms with E-state index < -0.39 is 0 Å². The molecule has 0 bridgehead atoms. The van der Waals surface area contributed by atoms with Gasteiger partial charge < -0.3 is 16.0 Å². The molecule has 0 spiro atoms. The average molecular weight is 453 g/mol. The number of nitrogens with one attached hydrogen (secondary N) is 1. The van der Waals surface area contributed by atoms with Crippen molar-refractivity contribution in [2.24, 2.45) is 11.7 Å². The lowest BCUT2D eigenvalue weighted by Gasteiger charge is -2.40. The summed E-state index contributed by atoms with van der Waals surface area (Å²) < 4.78 is 0. The van der Waals surface area contributed by atoms with Crippen LogP contribution in [-0.2, 0) is 4.79 Å². The number of carbonyl (C=O) groups excluding carboxylic acids is 3. The molecule has 1 aliphatic carbocycles. The standard InChI is InChI=1S/C24H25ClN4O3/c25-19-7-2-8-20-21(19)22(30)18(9-10-26)24(32)29(20)17-6-1-4-15(12-17)13-28-23(31)16-5-3-11-27-14-16/h2-3,5,7-9,11,14-15,17H,1,4,6,10,12-13,26H2,(H,28,31). The summed E-state index contributed by atoms with van der Waals surface area (Å²) in [6.45, 7) is 0.604. The molecule has 1 fully saturated rings. The largest absolute Gasteiger partial charge is 0.352 e. The van der Waals surface area contributed by atoms with Crippen molar-refractivity contribution in [1.29, 1.82) is 0 Å². The second kappa shape index (κ2) is 9.63. The normalized spacial score (nSPS) is 22.1. The van der Waals surface area contributed by atoms with Gasteiger partial charge in [0.2, 0.25) is 5.78 Å². The van der Waals surface area contributed by atoms with Gasteiger partial charge in [-0.25, -0.2) is 0 Å². The number of Topliss-reactive ketones (excluding diaryl/α,β-unsaturated/α-hetero) is 1. The number of carbonyl (C=O) groups is 3. The summed E-state index contributed by atoms with van der Waals surface area (Å²) in [4.78, 5) is 44.3. The molecule has 32 heavy (non-hydrogen) atoms. The lowest BCUT2D eigenvalue weighted by Crippen LogP contribution is -2.49. The van der Waals surface area contributed by atoms with Gasteiger partial charge in [0.05, 0.1) is 27.4 Å². The second-order valence-electron chi connectivity index (χ2n) is 8.13. The Kier molecular flexibility index (Phi) is 6.67. The van der Waals surface area contributed by atoms with Crippen LogP contribution in [-0.4, -0.2) is 41.7 Å². The topological polar surface area (TPSA) is 105 Å². The van der Waals surface area contributed by atoms with E-state index >= 15 is 0 Å². The Balaban J connectivity index is 1.54. The number of hydrogen-bond acceptors (Lipinski definition) is 5. The number of halogens is 1. The van der Waals surface area contributed by atoms with Crippen molar-refractivity contribution < 1.29 is 14.4 Å². The van der Waals surface area contributed by atoms with Gasteiger partial charge in [-0.15, -0.1) is 0 Å². The van der Waals surface area contributed by atoms with Crippen LogP contribution in [0.1, 0.15) is 46.4 Å². The van der Waals surface area contributed by atoms with E-state index in [9.17, 15) is 14.4 Å². The van der Waals surface area contributed by atoms with E-state index in [1.165, 1.54) is 12.3 Å². The smallest absolute Gasteiger partial charge is 0.262 e. The van der Waals surface area contributed by atoms with Crippen LogP contribution in [0.3, 0.4) is 0 Å². The first-order valence-corrected chi connectivity index (χ1v) is 11.1. The van der Waals surface area contributed by atoms with Gasteiger partial charge in [-0.05, 0) is 49.4 Å². The Morgan fingerprint density at radius 3 is 2.84 bits per heavy atom. The van der Waals surface area contributed by atoms with Crippen molar-refractivity contribution in [2.75, 3.05) is 18.0 Å². The zero-order chi connectivity index (χ0) is 22.7. The molecular formula is C24H25ClN4O3. The van der Waals surface area contributed by atoms with Gasteiger partial charge in [0.25, 0.3) is 11.8 Å². The number of benzene rings is 1. The molecular weight excluding hydrogens is 428 g/mol. The van der Waals surface area contributed by atoms with Gasteiger partial charge in [-0.1, -0.05) is 30.2 Å². The highest BCUT2D eigenvalue weighted by Crippen LogP contribution is 2.39. The molecule has 166 valence electrons. The molecule has 1 aromatic carbocycles. The molecule has 3 N–H and O–H groups in total. The molecule has 2 aliphatic rings. The number of rotatable bonds is 5. The number of amides is 2. The third-order valence-electron chi connectivity index (χ3n) is 6.09. The van der Waals surface area contributed by atoms with Crippen LogP contribution in [0.2, 0.25) is 5.02 Å². The number of nitrogens with two attached hydrogens (primary N) is 1. The maximum Gasteiger partial charge on any atom is 0.262 e. The van der Waals surface area contributed by atoms with E-state index in [0.717, 1.165) is 25.7 Å². The number of nitrogens with zero attached hydrogens (tertiary/aromatic N) is 2. The highest BCUT2D eigenvalue weighted by atomic mass is 35.5. The zero-order valence-electron chi connectivity index (χ0n) is 17.6. The Hall–Kier alpha value is -3.03. The van der Waals surface area contributed by atoms with Crippen molar-refractivity contribution in [3.05, 3.63) is 70.5 Å². The number of aromatic nitrogens is 1. The molecule has 1 aromatic heterocycles. The molecule has 4 rings (SSSR count). The molecule has 2 aromatic rings. The monoisotopic (exact) mass is 452 g/mol. The molecule has 2 unspecified atom stereocenters. The molecule has 2 heterocycles. The van der Waals surface area contributed by atoms with Crippen LogP contribution < -0.4 is 16.0 Å². The predicted molar refractivity (Wildman–Crippen MR) is 123 cm³/mol. The van der Waals surface area contributed by atoms with Crippen molar-refractivity contribution in [2.45, 2.75) is 31.7 Å². The van der Waals surface area contributed by atoms with Crippen LogP contribution >= 0.6 is 11.6 Å². The summed E-state index contributed by atoms with van der Waals surface area (Å²) in [7, 11) is 0. The summed E-state index contributed by atoms with van der Waals surface area (Å²) in [5, 5.41) is 3.31. The highest BCUT2D eigenvalue weighted by Gasteiger charge is 2.40. The summed E-state index contributed by atoms with van der Waals surface area (Å²) in [5.74, 6) is -0.664. The SMILES string of the molecule is NCC=C1C(=O)c2c(Cl)cccc2N(C2CCCC(CNC(=O)c3cccnc3)C2)C1=O. The van der Waals surface area contributed by atoms with Crippen molar-refractivity contribution >= 4 is 34.9 Å². The zero-order valence-corrected chi connectivity index (χ0v) is 18.3. The minimum Gasteiger partial charge on any atom is -0.352 e. The summed E-state index contributed by atoms with van der Waals surface area (Å²) in [6.07, 6.45) is 8.04. The molecule has 7 nitrogen and oxygen atoms in total. The molecule has 0 saturated heterocycles. The number of anilines is 1. The number of fused-ring (bicyclic) bond motifs is 1. The maximum atomic E-state index is 13.3. The molecule has 0 radical (unpaired) electrons. The minimum absolute atomic E-state index is 0.0695. The van der Waals surface area contributed by atoms with Crippen molar-refractivity contribution in [3.8, 4) is 0 Å². The molecule has 2 atom stereocenters. The lowest BCUT2D eigenvalue weighted by molar-refractivity contribution is -0.115. The van der Waals surface area contributed by atoms with Crippen LogP contribution in [0, 0.1) is 5.92 Å². The van der Waals surface area contributed by atoms with E-state index in [-0.39, 0.29) is 41.7 Å². The quantitative estimate of drug-likeness (QED) is 0.535. The van der Waals surface area contributed by atoms with Crippen molar-refractivity contribution in [1.82, 2.24) is 10.3 Å².